The Labute approximate surface area is 552 Å². The van der Waals surface area contributed by atoms with Crippen LogP contribution in [0.1, 0.15) is 102 Å². The van der Waals surface area contributed by atoms with Gasteiger partial charge in [-0.05, 0) is 139 Å². The number of hydrogen-bond acceptors (Lipinski definition) is 18. The summed E-state index contributed by atoms with van der Waals surface area (Å²) in [5.74, 6) is -0.862. The quantitative estimate of drug-likeness (QED) is 0.102. The van der Waals surface area contributed by atoms with Crippen molar-refractivity contribution in [2.75, 3.05) is 119 Å². The van der Waals surface area contributed by atoms with Gasteiger partial charge in [0.2, 0.25) is 31.9 Å². The molecule has 1 atom stereocenters. The van der Waals surface area contributed by atoms with Crippen LogP contribution in [0.15, 0.2) is 107 Å². The first-order chi connectivity index (χ1) is 44.7. The van der Waals surface area contributed by atoms with Gasteiger partial charge in [-0.1, -0.05) is 42.5 Å². The fourth-order valence-electron chi connectivity index (χ4n) is 13.4. The van der Waals surface area contributed by atoms with Crippen molar-refractivity contribution in [2.24, 2.45) is 0 Å². The summed E-state index contributed by atoms with van der Waals surface area (Å²) in [5.41, 5.74) is 4.16. The second-order valence-electron chi connectivity index (χ2n) is 27.6. The van der Waals surface area contributed by atoms with Gasteiger partial charge in [0.05, 0.1) is 9.79 Å². The smallest absolute Gasteiger partial charge is 0.410 e. The van der Waals surface area contributed by atoms with Crippen LogP contribution in [0.3, 0.4) is 0 Å². The highest BCUT2D eigenvalue weighted by atomic mass is 32.2. The number of likely N-dealkylation sites (tertiary alicyclic amines) is 1. The van der Waals surface area contributed by atoms with Crippen LogP contribution in [0.4, 0.5) is 31.4 Å². The molecule has 0 aromatic heterocycles. The van der Waals surface area contributed by atoms with Gasteiger partial charge in [-0.3, -0.25) is 29.5 Å². The van der Waals surface area contributed by atoms with Crippen molar-refractivity contribution in [3.8, 4) is 0 Å². The minimum atomic E-state index is -3.68. The van der Waals surface area contributed by atoms with Crippen molar-refractivity contribution in [1.82, 2.24) is 44.2 Å². The molecule has 4 aromatic carbocycles. The maximum Gasteiger partial charge on any atom is 0.410 e. The van der Waals surface area contributed by atoms with Gasteiger partial charge < -0.3 is 49.3 Å². The van der Waals surface area contributed by atoms with Crippen LogP contribution < -0.4 is 30.7 Å². The van der Waals surface area contributed by atoms with Gasteiger partial charge in [0.25, 0.3) is 5.91 Å². The largest absolute Gasteiger partial charge is 0.445 e. The molecule has 0 spiro atoms. The van der Waals surface area contributed by atoms with Crippen molar-refractivity contribution in [2.45, 2.75) is 144 Å². The molecule has 94 heavy (non-hydrogen) atoms. The molecule has 508 valence electrons. The number of piperazine rings is 2. The first kappa shape index (κ1) is 67.8. The molecular formula is C67H90N12O13S2. The van der Waals surface area contributed by atoms with Gasteiger partial charge in [0.1, 0.15) is 23.9 Å². The Morgan fingerprint density at radius 1 is 0.543 bits per heavy atom. The molecule has 27 heteroatoms. The number of imide groups is 1. The number of alkyl carbamates (subject to hydrolysis) is 2. The van der Waals surface area contributed by atoms with Crippen molar-refractivity contribution >= 4 is 73.1 Å². The number of benzene rings is 4. The van der Waals surface area contributed by atoms with E-state index in [9.17, 15) is 45.6 Å². The molecule has 0 bridgehead atoms. The first-order valence-corrected chi connectivity index (χ1v) is 35.8. The third-order valence-corrected chi connectivity index (χ3v) is 22.5. The number of amides is 6. The highest BCUT2D eigenvalue weighted by Crippen LogP contribution is 2.35. The zero-order chi connectivity index (χ0) is 66.7. The lowest BCUT2D eigenvalue weighted by Gasteiger charge is -2.49. The van der Waals surface area contributed by atoms with Crippen molar-refractivity contribution < 1.29 is 59.8 Å². The molecule has 7 fully saturated rings. The SMILES string of the molecule is CC(C)(C)OC(=O)NC1CCN(S(=O)(=O)c2cccc(N3CCN(C4CN(C(=O)OCc5ccccc5)C4)CC3)c2)CC1.CC(C)(C)OC(=O)NC1CCN(S(=O)(=O)c2cccc(N3CCN(C4CN(c5ccc6c(c5)CN(C5CCC(=O)NC5=O)C6=O)C4)CC3)c2)CC1. The van der Waals surface area contributed by atoms with Crippen molar-refractivity contribution in [3.63, 3.8) is 0 Å². The summed E-state index contributed by atoms with van der Waals surface area (Å²) >= 11 is 0. The Hall–Kier alpha value is -7.56. The minimum Gasteiger partial charge on any atom is -0.445 e. The van der Waals surface area contributed by atoms with E-state index in [0.717, 1.165) is 93.6 Å². The first-order valence-electron chi connectivity index (χ1n) is 32.9. The van der Waals surface area contributed by atoms with Crippen LogP contribution in [-0.2, 0) is 57.0 Å². The lowest BCUT2D eigenvalue weighted by molar-refractivity contribution is -0.136. The standard InChI is InChI=1S/C36H47N7O7S.C31H43N5O6S/c1-36(2,3)50-35(47)37-25-11-13-42(14-12-25)51(48,49)29-6-4-5-26(20-29)39-15-17-40(18-16-39)28-22-41(23-28)27-7-8-30-24(19-27)21-43(34(30)46)31-9-10-32(44)38-33(31)45;1-31(2,3)42-29(37)32-25-12-14-36(15-13-25)43(39,40)28-11-7-10-26(20-28)33-16-18-34(19-17-33)27-21-35(22-27)30(38)41-23-24-8-5-4-6-9-24/h4-8,19-20,25,28,31H,9-18,21-23H2,1-3H3,(H,37,47)(H,38,44,45);4-11,20,25,27H,12-19,21-23H2,1-3H3,(H,32,37). The molecule has 3 N–H and O–H groups in total. The van der Waals surface area contributed by atoms with Gasteiger partial charge in [-0.25, -0.2) is 31.2 Å². The molecule has 6 amide bonds. The second kappa shape index (κ2) is 28.4. The maximum atomic E-state index is 13.6. The molecule has 8 heterocycles. The third kappa shape index (κ3) is 16.4. The molecule has 8 aliphatic heterocycles. The highest BCUT2D eigenvalue weighted by Gasteiger charge is 2.42. The number of nitrogens with zero attached hydrogens (tertiary/aromatic N) is 9. The average Bonchev–Trinajstić information content (AvgIpc) is 1.54. The number of anilines is 3. The number of fused-ring (bicyclic) bond motifs is 1. The molecule has 0 radical (unpaired) electrons. The van der Waals surface area contributed by atoms with Crippen LogP contribution in [0.5, 0.6) is 0 Å². The predicted molar refractivity (Wildman–Crippen MR) is 353 cm³/mol. The van der Waals surface area contributed by atoms with E-state index in [1.54, 1.807) is 40.1 Å². The fourth-order valence-corrected chi connectivity index (χ4v) is 16.4. The highest BCUT2D eigenvalue weighted by molar-refractivity contribution is 7.89. The summed E-state index contributed by atoms with van der Waals surface area (Å²) < 4.78 is 73.3. The summed E-state index contributed by atoms with van der Waals surface area (Å²) in [7, 11) is -7.34. The third-order valence-electron chi connectivity index (χ3n) is 18.7. The van der Waals surface area contributed by atoms with E-state index >= 15 is 0 Å². The van der Waals surface area contributed by atoms with E-state index in [0.29, 0.717) is 95.6 Å². The van der Waals surface area contributed by atoms with Gasteiger partial charge in [-0.2, -0.15) is 8.61 Å². The van der Waals surface area contributed by atoms with E-state index in [2.05, 4.69) is 46.5 Å². The van der Waals surface area contributed by atoms with Crippen LogP contribution in [0.25, 0.3) is 0 Å². The number of piperidine rings is 3. The van der Waals surface area contributed by atoms with E-state index in [1.807, 2.05) is 102 Å². The number of hydrogen-bond donors (Lipinski definition) is 3. The molecule has 7 saturated heterocycles. The predicted octanol–water partition coefficient (Wildman–Crippen LogP) is 5.64. The van der Waals surface area contributed by atoms with Crippen molar-refractivity contribution in [3.05, 3.63) is 114 Å². The molecule has 0 aliphatic carbocycles. The topological polar surface area (TPSA) is 264 Å². The minimum absolute atomic E-state index is 0.119. The number of carbonyl (C=O) groups is 6. The maximum absolute atomic E-state index is 13.6. The van der Waals surface area contributed by atoms with Gasteiger partial charge in [-0.15, -0.1) is 0 Å². The Bertz CT molecular complexity index is 3640. The summed E-state index contributed by atoms with van der Waals surface area (Å²) in [6, 6.07) is 29.8. The Balaban J connectivity index is 0.000000195. The van der Waals surface area contributed by atoms with Gasteiger partial charge >= 0.3 is 18.3 Å². The molecular weight excluding hydrogens is 1240 g/mol. The summed E-state index contributed by atoms with van der Waals surface area (Å²) in [6.07, 6.45) is 1.45. The second-order valence-corrected chi connectivity index (χ2v) is 31.5. The van der Waals surface area contributed by atoms with Crippen LogP contribution in [-0.4, -0.2) is 227 Å². The van der Waals surface area contributed by atoms with Gasteiger partial charge in [0.15, 0.2) is 0 Å². The lowest BCUT2D eigenvalue weighted by atomic mass is 10.0. The Morgan fingerprint density at radius 2 is 1.02 bits per heavy atom. The van der Waals surface area contributed by atoms with Crippen molar-refractivity contribution in [1.29, 1.82) is 0 Å². The Morgan fingerprint density at radius 3 is 1.50 bits per heavy atom. The van der Waals surface area contributed by atoms with Crippen LogP contribution >= 0.6 is 0 Å². The van der Waals surface area contributed by atoms with E-state index < -0.39 is 55.4 Å². The zero-order valence-electron chi connectivity index (χ0n) is 54.7. The van der Waals surface area contributed by atoms with Crippen LogP contribution in [0, 0.1) is 0 Å². The molecule has 4 aromatic rings. The van der Waals surface area contributed by atoms with E-state index in [-0.39, 0.29) is 52.8 Å². The summed E-state index contributed by atoms with van der Waals surface area (Å²) in [4.78, 5) is 89.3. The number of ether oxygens (including phenoxy) is 3. The van der Waals surface area contributed by atoms with Gasteiger partial charge in [0, 0.05) is 164 Å². The fraction of sp³-hybridized carbons (Fsp3) is 0.552. The molecule has 12 rings (SSSR count). The lowest BCUT2D eigenvalue weighted by Crippen LogP contribution is -2.64. The summed E-state index contributed by atoms with van der Waals surface area (Å²) in [5, 5.41) is 8.08. The zero-order valence-corrected chi connectivity index (χ0v) is 56.4. The summed E-state index contributed by atoms with van der Waals surface area (Å²) in [6.45, 7) is 22.5. The van der Waals surface area contributed by atoms with E-state index in [1.165, 1.54) is 8.61 Å². The molecule has 8 aliphatic rings. The Kier molecular flexibility index (Phi) is 20.5. The number of nitrogens with one attached hydrogen (secondary N) is 3. The normalized spacial score (nSPS) is 21.3. The van der Waals surface area contributed by atoms with Crippen LogP contribution in [0.2, 0.25) is 0 Å². The number of sulfonamides is 2. The van der Waals surface area contributed by atoms with E-state index in [4.69, 9.17) is 14.2 Å². The molecule has 0 saturated carbocycles. The monoisotopic (exact) mass is 1330 g/mol. The number of carbonyl (C=O) groups excluding carboxylic acids is 6. The average molecular weight is 1340 g/mol. The molecule has 1 unspecified atom stereocenters. The number of rotatable bonds is 14. The molecule has 25 nitrogen and oxygen atoms in total.